The lowest BCUT2D eigenvalue weighted by molar-refractivity contribution is -0.910. The van der Waals surface area contributed by atoms with Gasteiger partial charge in [0.2, 0.25) is 0 Å². The Morgan fingerprint density at radius 3 is 1.47 bits per heavy atom. The van der Waals surface area contributed by atoms with Crippen LogP contribution in [0.3, 0.4) is 0 Å². The first kappa shape index (κ1) is 19.5. The van der Waals surface area contributed by atoms with Crippen molar-refractivity contribution in [2.24, 2.45) is 0 Å². The molecule has 0 aliphatic carbocycles. The van der Waals surface area contributed by atoms with Crippen molar-refractivity contribution in [2.45, 2.75) is 25.7 Å². The van der Waals surface area contributed by atoms with Gasteiger partial charge in [0.15, 0.2) is 0 Å². The minimum Gasteiger partial charge on any atom is -1.00 e. The molecule has 0 saturated heterocycles. The molecule has 0 N–H and O–H groups in total. The van der Waals surface area contributed by atoms with E-state index in [-0.39, 0.29) is 24.0 Å². The molecule has 0 rings (SSSR count). The lowest BCUT2D eigenvalue weighted by atomic mass is 10.3. The zero-order valence-corrected chi connectivity index (χ0v) is 14.9. The molecule has 17 heavy (non-hydrogen) atoms. The zero-order valence-electron chi connectivity index (χ0n) is 11.7. The Hall–Kier alpha value is 0.127. The molecule has 1 nitrogen and oxygen atoms in total. The minimum atomic E-state index is -0.973. The van der Waals surface area contributed by atoms with Gasteiger partial charge in [0.25, 0.3) is 0 Å². The van der Waals surface area contributed by atoms with Crippen molar-refractivity contribution in [3.8, 4) is 0 Å². The van der Waals surface area contributed by atoms with Gasteiger partial charge in [-0.05, 0) is 24.3 Å². The molecule has 0 heterocycles. The largest absolute Gasteiger partial charge is 1.00 e. The highest BCUT2D eigenvalue weighted by Crippen LogP contribution is 2.16. The van der Waals surface area contributed by atoms with Crippen LogP contribution < -0.4 is 24.0 Å². The standard InChI is InChI=1S/C14H28NSi.HI/c1-7-10-15(11-8-2,12-9-3)13-14-16(4,5)6;/h7-9H,1-3,10-14H2,4-6H3;1H/q+1;/p-1. The number of hydrogen-bond donors (Lipinski definition) is 0. The van der Waals surface area contributed by atoms with E-state index in [9.17, 15) is 0 Å². The SMILES string of the molecule is C=CC[N+](CC=C)(CC=C)CC[Si](C)(C)C.[I-]. The van der Waals surface area contributed by atoms with Crippen LogP contribution >= 0.6 is 0 Å². The van der Waals surface area contributed by atoms with Crippen LogP contribution in [0.25, 0.3) is 0 Å². The van der Waals surface area contributed by atoms with E-state index in [2.05, 4.69) is 39.4 Å². The third-order valence-corrected chi connectivity index (χ3v) is 4.61. The van der Waals surface area contributed by atoms with Gasteiger partial charge >= 0.3 is 0 Å². The second-order valence-electron chi connectivity index (χ2n) is 5.79. The highest BCUT2D eigenvalue weighted by atomic mass is 127. The van der Waals surface area contributed by atoms with Crippen molar-refractivity contribution in [3.63, 3.8) is 0 Å². The highest BCUT2D eigenvalue weighted by Gasteiger charge is 2.26. The fourth-order valence-corrected chi connectivity index (χ4v) is 3.04. The summed E-state index contributed by atoms with van der Waals surface area (Å²) < 4.78 is 1.04. The van der Waals surface area contributed by atoms with E-state index in [1.54, 1.807) is 0 Å². The maximum Gasteiger partial charge on any atom is 0.0975 e. The Bertz CT molecular complexity index is 217. The van der Waals surface area contributed by atoms with Crippen molar-refractivity contribution in [1.82, 2.24) is 0 Å². The average molecular weight is 365 g/mol. The van der Waals surface area contributed by atoms with E-state index in [0.29, 0.717) is 0 Å². The van der Waals surface area contributed by atoms with Gasteiger partial charge in [-0.1, -0.05) is 39.4 Å². The molecule has 0 atom stereocenters. The van der Waals surface area contributed by atoms with Crippen LogP contribution in [0.1, 0.15) is 0 Å². The minimum absolute atomic E-state index is 0. The van der Waals surface area contributed by atoms with Crippen LogP contribution in [0.15, 0.2) is 38.0 Å². The maximum absolute atomic E-state index is 3.88. The highest BCUT2D eigenvalue weighted by molar-refractivity contribution is 6.76. The predicted octanol–water partition coefficient (Wildman–Crippen LogP) is 0.703. The van der Waals surface area contributed by atoms with Crippen molar-refractivity contribution in [2.75, 3.05) is 26.2 Å². The molecule has 3 heteroatoms. The van der Waals surface area contributed by atoms with Crippen molar-refractivity contribution in [1.29, 1.82) is 0 Å². The third kappa shape index (κ3) is 8.80. The van der Waals surface area contributed by atoms with E-state index in [1.165, 1.54) is 12.6 Å². The van der Waals surface area contributed by atoms with E-state index in [1.807, 2.05) is 18.2 Å². The molecule has 0 spiro atoms. The molecule has 0 radical (unpaired) electrons. The molecule has 100 valence electrons. The van der Waals surface area contributed by atoms with Gasteiger partial charge in [0.05, 0.1) is 34.3 Å². The molecule has 0 aliphatic heterocycles. The zero-order chi connectivity index (χ0) is 12.7. The smallest absolute Gasteiger partial charge is 0.0975 e. The summed E-state index contributed by atoms with van der Waals surface area (Å²) in [5.74, 6) is 0. The van der Waals surface area contributed by atoms with Crippen molar-refractivity contribution >= 4 is 8.07 Å². The summed E-state index contributed by atoms with van der Waals surface area (Å²) >= 11 is 0. The second-order valence-corrected chi connectivity index (χ2v) is 11.4. The third-order valence-electron chi connectivity index (χ3n) is 2.89. The predicted molar refractivity (Wildman–Crippen MR) is 78.5 cm³/mol. The Kier molecular flexibility index (Phi) is 10.4. The van der Waals surface area contributed by atoms with Gasteiger partial charge in [0, 0.05) is 0 Å². The first-order valence-corrected chi connectivity index (χ1v) is 9.78. The first-order chi connectivity index (χ1) is 7.39. The van der Waals surface area contributed by atoms with Crippen LogP contribution in [-0.2, 0) is 0 Å². The van der Waals surface area contributed by atoms with Gasteiger partial charge in [0.1, 0.15) is 0 Å². The molecule has 0 aromatic rings. The van der Waals surface area contributed by atoms with Gasteiger partial charge < -0.3 is 28.5 Å². The Balaban J connectivity index is 0. The number of quaternary nitrogens is 1. The summed E-state index contributed by atoms with van der Waals surface area (Å²) in [5.41, 5.74) is 0. The summed E-state index contributed by atoms with van der Waals surface area (Å²) in [6.45, 7) is 23.2. The number of hydrogen-bond acceptors (Lipinski definition) is 0. The average Bonchev–Trinajstić information content (AvgIpc) is 2.15. The van der Waals surface area contributed by atoms with Crippen LogP contribution in [0, 0.1) is 0 Å². The van der Waals surface area contributed by atoms with Crippen molar-refractivity contribution in [3.05, 3.63) is 38.0 Å². The van der Waals surface area contributed by atoms with E-state index in [0.717, 1.165) is 24.1 Å². The van der Waals surface area contributed by atoms with Crippen molar-refractivity contribution < 1.29 is 28.5 Å². The number of nitrogens with zero attached hydrogens (tertiary/aromatic N) is 1. The van der Waals surface area contributed by atoms with E-state index in [4.69, 9.17) is 0 Å². The number of halogens is 1. The summed E-state index contributed by atoms with van der Waals surface area (Å²) in [4.78, 5) is 0. The summed E-state index contributed by atoms with van der Waals surface area (Å²) in [6, 6.07) is 1.35. The van der Waals surface area contributed by atoms with Crippen LogP contribution in [0.5, 0.6) is 0 Å². The Morgan fingerprint density at radius 1 is 0.882 bits per heavy atom. The molecular formula is C14H28INSi. The molecular weight excluding hydrogens is 337 g/mol. The van der Waals surface area contributed by atoms with Crippen LogP contribution in [0.2, 0.25) is 25.7 Å². The van der Waals surface area contributed by atoms with Gasteiger partial charge in [-0.2, -0.15) is 0 Å². The van der Waals surface area contributed by atoms with E-state index >= 15 is 0 Å². The van der Waals surface area contributed by atoms with Crippen LogP contribution in [0.4, 0.5) is 0 Å². The number of rotatable bonds is 9. The molecule has 0 aliphatic rings. The maximum atomic E-state index is 3.88. The van der Waals surface area contributed by atoms with Gasteiger partial charge in [-0.25, -0.2) is 0 Å². The molecule has 0 unspecified atom stereocenters. The molecule has 0 fully saturated rings. The molecule has 0 aromatic carbocycles. The van der Waals surface area contributed by atoms with E-state index < -0.39 is 8.07 Å². The monoisotopic (exact) mass is 365 g/mol. The molecule has 0 aromatic heterocycles. The second kappa shape index (κ2) is 9.11. The molecule has 0 bridgehead atoms. The normalized spacial score (nSPS) is 11.5. The van der Waals surface area contributed by atoms with Gasteiger partial charge in [-0.15, -0.1) is 0 Å². The summed E-state index contributed by atoms with van der Waals surface area (Å²) in [5, 5.41) is 0. The quantitative estimate of drug-likeness (QED) is 0.244. The topological polar surface area (TPSA) is 0 Å². The Morgan fingerprint density at radius 2 is 1.24 bits per heavy atom. The molecule has 0 amide bonds. The first-order valence-electron chi connectivity index (χ1n) is 6.07. The lowest BCUT2D eigenvalue weighted by Crippen LogP contribution is -3.00. The Labute approximate surface area is 126 Å². The molecule has 0 saturated carbocycles. The fourth-order valence-electron chi connectivity index (χ4n) is 1.89. The summed E-state index contributed by atoms with van der Waals surface area (Å²) in [6.07, 6.45) is 6.08. The van der Waals surface area contributed by atoms with Gasteiger partial charge in [-0.3, -0.25) is 0 Å². The van der Waals surface area contributed by atoms with Crippen LogP contribution in [-0.4, -0.2) is 38.7 Å². The lowest BCUT2D eigenvalue weighted by Gasteiger charge is -2.37. The summed E-state index contributed by atoms with van der Waals surface area (Å²) in [7, 11) is -0.973. The fraction of sp³-hybridized carbons (Fsp3) is 0.571.